The molecule has 0 aliphatic rings. The first kappa shape index (κ1) is 12.0. The molecular formula is C12H18FNO. The Morgan fingerprint density at radius 3 is 2.40 bits per heavy atom. The molecule has 0 heterocycles. The molecule has 0 aliphatic carbocycles. The second-order valence-electron chi connectivity index (χ2n) is 4.04. The third-order valence-corrected chi connectivity index (χ3v) is 2.69. The van der Waals surface area contributed by atoms with Gasteiger partial charge in [-0.15, -0.1) is 0 Å². The Bertz CT molecular complexity index is 361. The Balaban J connectivity index is 3.28. The molecule has 1 aromatic rings. The highest BCUT2D eigenvalue weighted by Crippen LogP contribution is 2.31. The molecule has 0 aromatic heterocycles. The Labute approximate surface area is 90.2 Å². The fourth-order valence-corrected chi connectivity index (χ4v) is 1.68. The van der Waals surface area contributed by atoms with Crippen LogP contribution in [0.4, 0.5) is 4.39 Å². The first-order chi connectivity index (χ1) is 6.92. The van der Waals surface area contributed by atoms with Crippen molar-refractivity contribution in [3.63, 3.8) is 0 Å². The molecule has 3 heteroatoms. The predicted molar refractivity (Wildman–Crippen MR) is 60.0 cm³/mol. The zero-order chi connectivity index (χ0) is 11.6. The molecular weight excluding hydrogens is 193 g/mol. The fourth-order valence-electron chi connectivity index (χ4n) is 1.68. The first-order valence-corrected chi connectivity index (χ1v) is 4.97. The largest absolute Gasteiger partial charge is 0.496 e. The van der Waals surface area contributed by atoms with Gasteiger partial charge in [-0.2, -0.15) is 0 Å². The molecule has 84 valence electrons. The monoisotopic (exact) mass is 211 g/mol. The number of benzene rings is 1. The van der Waals surface area contributed by atoms with Gasteiger partial charge < -0.3 is 10.5 Å². The van der Waals surface area contributed by atoms with E-state index in [1.54, 1.807) is 13.2 Å². The van der Waals surface area contributed by atoms with E-state index in [-0.39, 0.29) is 6.54 Å². The van der Waals surface area contributed by atoms with Crippen LogP contribution < -0.4 is 10.5 Å². The molecule has 0 amide bonds. The Hall–Kier alpha value is -1.09. The smallest absolute Gasteiger partial charge is 0.145 e. The summed E-state index contributed by atoms with van der Waals surface area (Å²) in [4.78, 5) is 0. The molecule has 0 radical (unpaired) electrons. The van der Waals surface area contributed by atoms with E-state index < -0.39 is 5.67 Å². The van der Waals surface area contributed by atoms with Gasteiger partial charge in [-0.25, -0.2) is 4.39 Å². The van der Waals surface area contributed by atoms with Gasteiger partial charge >= 0.3 is 0 Å². The van der Waals surface area contributed by atoms with Gasteiger partial charge in [0.2, 0.25) is 0 Å². The Morgan fingerprint density at radius 1 is 1.33 bits per heavy atom. The molecule has 1 atom stereocenters. The van der Waals surface area contributed by atoms with Gasteiger partial charge in [0.1, 0.15) is 11.4 Å². The van der Waals surface area contributed by atoms with Crippen LogP contribution in [0.15, 0.2) is 12.1 Å². The van der Waals surface area contributed by atoms with Crippen molar-refractivity contribution in [1.82, 2.24) is 0 Å². The van der Waals surface area contributed by atoms with Crippen LogP contribution in [0.3, 0.4) is 0 Å². The SMILES string of the molecule is COc1cc(C)c(C(C)(F)CN)cc1C. The molecule has 0 fully saturated rings. The highest BCUT2D eigenvalue weighted by Gasteiger charge is 2.26. The van der Waals surface area contributed by atoms with E-state index in [0.29, 0.717) is 5.56 Å². The predicted octanol–water partition coefficient (Wildman–Crippen LogP) is 2.46. The van der Waals surface area contributed by atoms with Gasteiger partial charge in [0.25, 0.3) is 0 Å². The van der Waals surface area contributed by atoms with Crippen LogP contribution >= 0.6 is 0 Å². The second kappa shape index (κ2) is 4.19. The number of methoxy groups -OCH3 is 1. The lowest BCUT2D eigenvalue weighted by atomic mass is 9.92. The summed E-state index contributed by atoms with van der Waals surface area (Å²) >= 11 is 0. The summed E-state index contributed by atoms with van der Waals surface area (Å²) in [5.74, 6) is 0.782. The average molecular weight is 211 g/mol. The van der Waals surface area contributed by atoms with Gasteiger partial charge in [-0.3, -0.25) is 0 Å². The second-order valence-corrected chi connectivity index (χ2v) is 4.04. The van der Waals surface area contributed by atoms with Crippen molar-refractivity contribution in [1.29, 1.82) is 0 Å². The van der Waals surface area contributed by atoms with E-state index in [1.165, 1.54) is 6.92 Å². The van der Waals surface area contributed by atoms with Crippen molar-refractivity contribution in [3.8, 4) is 5.75 Å². The summed E-state index contributed by atoms with van der Waals surface area (Å²) in [6, 6.07) is 3.65. The summed E-state index contributed by atoms with van der Waals surface area (Å²) in [5.41, 5.74) is 6.39. The average Bonchev–Trinajstić information content (AvgIpc) is 2.20. The highest BCUT2D eigenvalue weighted by atomic mass is 19.1. The van der Waals surface area contributed by atoms with Crippen molar-refractivity contribution in [2.75, 3.05) is 13.7 Å². The van der Waals surface area contributed by atoms with E-state index in [4.69, 9.17) is 10.5 Å². The Kier molecular flexibility index (Phi) is 3.35. The molecule has 1 aromatic carbocycles. The van der Waals surface area contributed by atoms with Gasteiger partial charge in [0.15, 0.2) is 0 Å². The topological polar surface area (TPSA) is 35.2 Å². The molecule has 1 rings (SSSR count). The molecule has 0 bridgehead atoms. The van der Waals surface area contributed by atoms with Crippen LogP contribution in [0.1, 0.15) is 23.6 Å². The maximum atomic E-state index is 14.1. The van der Waals surface area contributed by atoms with E-state index in [2.05, 4.69) is 0 Å². The summed E-state index contributed by atoms with van der Waals surface area (Å²) in [6.45, 7) is 5.25. The first-order valence-electron chi connectivity index (χ1n) is 4.97. The van der Waals surface area contributed by atoms with E-state index in [9.17, 15) is 4.39 Å². The number of ether oxygens (including phenoxy) is 1. The molecule has 2 nitrogen and oxygen atoms in total. The summed E-state index contributed by atoms with van der Waals surface area (Å²) in [7, 11) is 1.61. The zero-order valence-electron chi connectivity index (χ0n) is 9.73. The normalized spacial score (nSPS) is 14.8. The van der Waals surface area contributed by atoms with Crippen LogP contribution in [0.2, 0.25) is 0 Å². The zero-order valence-corrected chi connectivity index (χ0v) is 9.73. The van der Waals surface area contributed by atoms with Gasteiger partial charge in [-0.05, 0) is 49.6 Å². The van der Waals surface area contributed by atoms with E-state index >= 15 is 0 Å². The lowest BCUT2D eigenvalue weighted by molar-refractivity contribution is 0.202. The Morgan fingerprint density at radius 2 is 1.93 bits per heavy atom. The minimum atomic E-state index is -1.47. The quantitative estimate of drug-likeness (QED) is 0.833. The maximum Gasteiger partial charge on any atom is 0.145 e. The van der Waals surface area contributed by atoms with Crippen molar-refractivity contribution in [3.05, 3.63) is 28.8 Å². The van der Waals surface area contributed by atoms with Crippen LogP contribution in [-0.2, 0) is 5.67 Å². The van der Waals surface area contributed by atoms with Gasteiger partial charge in [0, 0.05) is 6.54 Å². The van der Waals surface area contributed by atoms with Crippen LogP contribution in [0.25, 0.3) is 0 Å². The van der Waals surface area contributed by atoms with E-state index in [0.717, 1.165) is 16.9 Å². The number of rotatable bonds is 3. The van der Waals surface area contributed by atoms with Crippen LogP contribution in [0.5, 0.6) is 5.75 Å². The lowest BCUT2D eigenvalue weighted by Crippen LogP contribution is -2.27. The molecule has 0 aliphatic heterocycles. The van der Waals surface area contributed by atoms with Crippen molar-refractivity contribution in [2.24, 2.45) is 5.73 Å². The van der Waals surface area contributed by atoms with Crippen molar-refractivity contribution in [2.45, 2.75) is 26.4 Å². The number of nitrogens with two attached hydrogens (primary N) is 1. The minimum Gasteiger partial charge on any atom is -0.496 e. The molecule has 1 unspecified atom stereocenters. The van der Waals surface area contributed by atoms with Crippen LogP contribution in [0, 0.1) is 13.8 Å². The number of alkyl halides is 1. The fraction of sp³-hybridized carbons (Fsp3) is 0.500. The molecule has 0 saturated heterocycles. The molecule has 2 N–H and O–H groups in total. The van der Waals surface area contributed by atoms with Gasteiger partial charge in [0.05, 0.1) is 7.11 Å². The van der Waals surface area contributed by atoms with Gasteiger partial charge in [-0.1, -0.05) is 0 Å². The summed E-state index contributed by atoms with van der Waals surface area (Å²) in [6.07, 6.45) is 0. The third-order valence-electron chi connectivity index (χ3n) is 2.69. The molecule has 0 saturated carbocycles. The number of aryl methyl sites for hydroxylation is 2. The number of hydrogen-bond acceptors (Lipinski definition) is 2. The maximum absolute atomic E-state index is 14.1. The lowest BCUT2D eigenvalue weighted by Gasteiger charge is -2.22. The third kappa shape index (κ3) is 2.29. The molecule has 0 spiro atoms. The van der Waals surface area contributed by atoms with Crippen molar-refractivity contribution >= 4 is 0 Å². The summed E-state index contributed by atoms with van der Waals surface area (Å²) in [5, 5.41) is 0. The van der Waals surface area contributed by atoms with Crippen LogP contribution in [-0.4, -0.2) is 13.7 Å². The highest BCUT2D eigenvalue weighted by molar-refractivity contribution is 5.43. The number of halogens is 1. The standard InChI is InChI=1S/C12H18FNO/c1-8-6-11(15-4)9(2)5-10(8)12(3,13)7-14/h5-6H,7,14H2,1-4H3. The molecule has 15 heavy (non-hydrogen) atoms. The number of hydrogen-bond donors (Lipinski definition) is 1. The van der Waals surface area contributed by atoms with Crippen molar-refractivity contribution < 1.29 is 9.13 Å². The summed E-state index contributed by atoms with van der Waals surface area (Å²) < 4.78 is 19.2. The van der Waals surface area contributed by atoms with E-state index in [1.807, 2.05) is 19.9 Å². The minimum absolute atomic E-state index is 0.0143.